The van der Waals surface area contributed by atoms with Crippen molar-refractivity contribution < 1.29 is 23.8 Å². The minimum atomic E-state index is -0.435. The molecule has 1 aromatic carbocycles. The van der Waals surface area contributed by atoms with Gasteiger partial charge in [0.15, 0.2) is 5.82 Å². The van der Waals surface area contributed by atoms with Gasteiger partial charge in [-0.25, -0.2) is 9.97 Å². The van der Waals surface area contributed by atoms with Crippen molar-refractivity contribution in [2.75, 3.05) is 32.1 Å². The molecule has 0 unspecified atom stereocenters. The van der Waals surface area contributed by atoms with Gasteiger partial charge in [-0.3, -0.25) is 14.6 Å². The Bertz CT molecular complexity index is 1210. The predicted octanol–water partition coefficient (Wildman–Crippen LogP) is 3.83. The fourth-order valence-electron chi connectivity index (χ4n) is 3.31. The van der Waals surface area contributed by atoms with Crippen molar-refractivity contribution in [3.63, 3.8) is 0 Å². The van der Waals surface area contributed by atoms with Crippen LogP contribution in [0.2, 0.25) is 5.02 Å². The lowest BCUT2D eigenvalue weighted by Gasteiger charge is -2.30. The lowest BCUT2D eigenvalue weighted by Crippen LogP contribution is -2.42. The number of methoxy groups -OCH3 is 1. The molecule has 1 N–H and O–H groups in total. The van der Waals surface area contributed by atoms with Crippen LogP contribution < -0.4 is 14.8 Å². The predicted molar refractivity (Wildman–Crippen MR) is 128 cm³/mol. The molecule has 1 aliphatic heterocycles. The van der Waals surface area contributed by atoms with E-state index in [1.807, 2.05) is 6.92 Å². The molecule has 0 aliphatic carbocycles. The summed E-state index contributed by atoms with van der Waals surface area (Å²) in [5, 5.41) is 2.84. The van der Waals surface area contributed by atoms with Gasteiger partial charge in [0.2, 0.25) is 5.88 Å². The number of benzene rings is 1. The van der Waals surface area contributed by atoms with Crippen molar-refractivity contribution in [3.05, 3.63) is 65.2 Å². The number of halogens is 1. The maximum Gasteiger partial charge on any atom is 0.257 e. The molecule has 35 heavy (non-hydrogen) atoms. The molecule has 4 rings (SSSR count). The number of rotatable bonds is 9. The number of ether oxygens (including phenoxy) is 3. The van der Waals surface area contributed by atoms with E-state index in [1.54, 1.807) is 24.1 Å². The molecule has 1 aliphatic rings. The summed E-state index contributed by atoms with van der Waals surface area (Å²) in [5.41, 5.74) is 0.644. The second-order valence-electron chi connectivity index (χ2n) is 7.88. The molecule has 1 atom stereocenters. The number of aromatic nitrogens is 3. The van der Waals surface area contributed by atoms with Crippen molar-refractivity contribution in [1.82, 2.24) is 19.9 Å². The van der Waals surface area contributed by atoms with E-state index in [2.05, 4.69) is 20.3 Å². The molecule has 182 valence electrons. The van der Waals surface area contributed by atoms with Crippen molar-refractivity contribution >= 4 is 29.2 Å². The highest BCUT2D eigenvalue weighted by Gasteiger charge is 2.23. The summed E-state index contributed by atoms with van der Waals surface area (Å²) in [6.07, 6.45) is 6.54. The molecule has 0 bridgehead atoms. The molecule has 0 radical (unpaired) electrons. The fourth-order valence-corrected chi connectivity index (χ4v) is 3.52. The fraction of sp³-hybridized carbons (Fsp3) is 0.292. The summed E-state index contributed by atoms with van der Waals surface area (Å²) in [6.45, 7) is 3.64. The molecule has 0 spiro atoms. The van der Waals surface area contributed by atoms with Crippen LogP contribution in [0.25, 0.3) is 0 Å². The van der Waals surface area contributed by atoms with Crippen LogP contribution in [-0.4, -0.2) is 64.6 Å². The van der Waals surface area contributed by atoms with Gasteiger partial charge in [0.25, 0.3) is 11.8 Å². The minimum absolute atomic E-state index is 0.0919. The first kappa shape index (κ1) is 24.4. The molecule has 0 saturated carbocycles. The van der Waals surface area contributed by atoms with Gasteiger partial charge < -0.3 is 24.4 Å². The van der Waals surface area contributed by atoms with Crippen LogP contribution >= 0.6 is 11.6 Å². The summed E-state index contributed by atoms with van der Waals surface area (Å²) in [5.74, 6) is 0.488. The topological polar surface area (TPSA) is 116 Å². The quantitative estimate of drug-likeness (QED) is 0.474. The van der Waals surface area contributed by atoms with E-state index >= 15 is 0 Å². The Morgan fingerprint density at radius 3 is 2.54 bits per heavy atom. The average molecular weight is 498 g/mol. The number of hydrogen-bond donors (Lipinski definition) is 1. The molecule has 3 aromatic rings. The SMILES string of the molecule is COC[C@H](C)Oc1cc(Oc2ncc(C(=O)N3CCC3)cc2Cl)cc(C(=O)Nc2cnccn2)c1. The van der Waals surface area contributed by atoms with Gasteiger partial charge in [0.1, 0.15) is 22.6 Å². The van der Waals surface area contributed by atoms with Gasteiger partial charge in [-0.05, 0) is 31.5 Å². The summed E-state index contributed by atoms with van der Waals surface area (Å²) in [7, 11) is 1.57. The van der Waals surface area contributed by atoms with E-state index in [-0.39, 0.29) is 34.2 Å². The van der Waals surface area contributed by atoms with Gasteiger partial charge in [0, 0.05) is 50.4 Å². The number of carbonyl (C=O) groups is 2. The zero-order chi connectivity index (χ0) is 24.8. The Balaban J connectivity index is 1.58. The third kappa shape index (κ3) is 6.23. The first-order valence-electron chi connectivity index (χ1n) is 10.9. The van der Waals surface area contributed by atoms with Gasteiger partial charge in [-0.15, -0.1) is 0 Å². The van der Waals surface area contributed by atoms with E-state index in [9.17, 15) is 9.59 Å². The zero-order valence-corrected chi connectivity index (χ0v) is 20.0. The molecule has 3 heterocycles. The number of amides is 2. The molecular weight excluding hydrogens is 474 g/mol. The first-order valence-corrected chi connectivity index (χ1v) is 11.3. The number of nitrogens with one attached hydrogen (secondary N) is 1. The Hall–Kier alpha value is -3.76. The maximum atomic E-state index is 12.9. The normalized spacial score (nSPS) is 13.5. The molecule has 1 saturated heterocycles. The van der Waals surface area contributed by atoms with Crippen LogP contribution in [0, 0.1) is 0 Å². The Labute approximate surface area is 207 Å². The van der Waals surface area contributed by atoms with Crippen LogP contribution in [0.4, 0.5) is 5.82 Å². The van der Waals surface area contributed by atoms with Crippen LogP contribution in [-0.2, 0) is 4.74 Å². The zero-order valence-electron chi connectivity index (χ0n) is 19.2. The van der Waals surface area contributed by atoms with Crippen LogP contribution in [0.1, 0.15) is 34.1 Å². The largest absolute Gasteiger partial charge is 0.488 e. The van der Waals surface area contributed by atoms with Gasteiger partial charge in [0.05, 0.1) is 18.4 Å². The van der Waals surface area contributed by atoms with E-state index in [4.69, 9.17) is 25.8 Å². The van der Waals surface area contributed by atoms with E-state index in [1.165, 1.54) is 36.9 Å². The molecule has 11 heteroatoms. The van der Waals surface area contributed by atoms with Gasteiger partial charge >= 0.3 is 0 Å². The van der Waals surface area contributed by atoms with E-state index in [0.29, 0.717) is 23.7 Å². The van der Waals surface area contributed by atoms with Gasteiger partial charge in [-0.2, -0.15) is 0 Å². The second kappa shape index (κ2) is 11.1. The number of carbonyl (C=O) groups excluding carboxylic acids is 2. The van der Waals surface area contributed by atoms with Crippen molar-refractivity contribution in [3.8, 4) is 17.4 Å². The van der Waals surface area contributed by atoms with Crippen molar-refractivity contribution in [1.29, 1.82) is 0 Å². The second-order valence-corrected chi connectivity index (χ2v) is 8.29. The third-order valence-electron chi connectivity index (χ3n) is 5.10. The molecular formula is C24H24ClN5O5. The number of hydrogen-bond acceptors (Lipinski definition) is 8. The van der Waals surface area contributed by atoms with E-state index < -0.39 is 5.91 Å². The lowest BCUT2D eigenvalue weighted by molar-refractivity contribution is 0.0651. The molecule has 10 nitrogen and oxygen atoms in total. The minimum Gasteiger partial charge on any atom is -0.488 e. The standard InChI is InChI=1S/C24H24ClN5O5/c1-15(14-33-2)34-18-8-16(22(31)29-21-13-26-4-5-27-21)9-19(11-18)35-23-20(25)10-17(12-28-23)24(32)30-6-3-7-30/h4-5,8-13,15H,3,6-7,14H2,1-2H3,(H,27,29,31)/t15-/m0/s1. The highest BCUT2D eigenvalue weighted by molar-refractivity contribution is 6.32. The number of nitrogens with zero attached hydrogens (tertiary/aromatic N) is 4. The van der Waals surface area contributed by atoms with Gasteiger partial charge in [-0.1, -0.05) is 11.6 Å². The number of likely N-dealkylation sites (tertiary alicyclic amines) is 1. The smallest absolute Gasteiger partial charge is 0.257 e. The highest BCUT2D eigenvalue weighted by atomic mass is 35.5. The van der Waals surface area contributed by atoms with Crippen LogP contribution in [0.15, 0.2) is 49.1 Å². The van der Waals surface area contributed by atoms with Crippen molar-refractivity contribution in [2.24, 2.45) is 0 Å². The summed E-state index contributed by atoms with van der Waals surface area (Å²) < 4.78 is 16.9. The van der Waals surface area contributed by atoms with Crippen molar-refractivity contribution in [2.45, 2.75) is 19.4 Å². The average Bonchev–Trinajstić information content (AvgIpc) is 2.80. The molecule has 2 amide bonds. The number of pyridine rings is 1. The monoisotopic (exact) mass is 497 g/mol. The third-order valence-corrected chi connectivity index (χ3v) is 5.37. The Morgan fingerprint density at radius 2 is 1.89 bits per heavy atom. The van der Waals surface area contributed by atoms with E-state index in [0.717, 1.165) is 19.5 Å². The lowest BCUT2D eigenvalue weighted by atomic mass is 10.1. The summed E-state index contributed by atoms with van der Waals surface area (Å²) >= 11 is 6.36. The summed E-state index contributed by atoms with van der Waals surface area (Å²) in [4.78, 5) is 39.2. The summed E-state index contributed by atoms with van der Waals surface area (Å²) in [6, 6.07) is 6.24. The molecule has 2 aromatic heterocycles. The first-order chi connectivity index (χ1) is 16.9. The van der Waals surface area contributed by atoms with Crippen LogP contribution in [0.3, 0.4) is 0 Å². The maximum absolute atomic E-state index is 12.9. The molecule has 1 fully saturated rings. The Morgan fingerprint density at radius 1 is 1.09 bits per heavy atom. The Kier molecular flexibility index (Phi) is 7.74. The van der Waals surface area contributed by atoms with Crippen LogP contribution in [0.5, 0.6) is 17.4 Å². The highest BCUT2D eigenvalue weighted by Crippen LogP contribution is 2.32. The number of anilines is 1.